The number of benzene rings is 1. The highest BCUT2D eigenvalue weighted by Gasteiger charge is 2.32. The Morgan fingerprint density at radius 1 is 1.33 bits per heavy atom. The van der Waals surface area contributed by atoms with Crippen LogP contribution in [0.5, 0.6) is 0 Å². The number of hydrogen-bond donors (Lipinski definition) is 1. The number of hydrogen-bond acceptors (Lipinski definition) is 1. The second-order valence-electron chi connectivity index (χ2n) is 2.77. The van der Waals surface area contributed by atoms with Gasteiger partial charge in [-0.1, -0.05) is 29.3 Å². The summed E-state index contributed by atoms with van der Waals surface area (Å²) in [4.78, 5) is 0. The molecule has 1 aromatic carbocycles. The minimum absolute atomic E-state index is 0.190. The van der Waals surface area contributed by atoms with Crippen LogP contribution in [0.2, 0.25) is 5.02 Å². The molecule has 0 heterocycles. The average molecular weight is 256 g/mol. The highest BCUT2D eigenvalue weighted by molar-refractivity contribution is 6.33. The van der Waals surface area contributed by atoms with Gasteiger partial charge in [-0.2, -0.15) is 13.2 Å². The van der Waals surface area contributed by atoms with Gasteiger partial charge in [-0.3, -0.25) is 0 Å². The molecule has 0 aliphatic heterocycles. The molecule has 0 radical (unpaired) electrons. The summed E-state index contributed by atoms with van der Waals surface area (Å²) in [6.45, 7) is 0. The summed E-state index contributed by atoms with van der Waals surface area (Å²) < 4.78 is 36.2. The SMILES string of the molecule is Nc1ccc(C=C(Cl)C(F)(F)F)cc1Cl. The van der Waals surface area contributed by atoms with E-state index in [2.05, 4.69) is 0 Å². The van der Waals surface area contributed by atoms with Crippen molar-refractivity contribution in [3.05, 3.63) is 33.8 Å². The van der Waals surface area contributed by atoms with E-state index in [0.717, 1.165) is 6.08 Å². The lowest BCUT2D eigenvalue weighted by Gasteiger charge is -2.04. The summed E-state index contributed by atoms with van der Waals surface area (Å²) in [6.07, 6.45) is -3.76. The summed E-state index contributed by atoms with van der Waals surface area (Å²) >= 11 is 10.7. The largest absolute Gasteiger partial charge is 0.426 e. The van der Waals surface area contributed by atoms with Crippen molar-refractivity contribution < 1.29 is 13.2 Å². The monoisotopic (exact) mass is 255 g/mol. The third-order valence-corrected chi connectivity index (χ3v) is 2.24. The molecule has 15 heavy (non-hydrogen) atoms. The molecule has 0 spiro atoms. The van der Waals surface area contributed by atoms with Crippen LogP contribution in [0.3, 0.4) is 0 Å². The number of anilines is 1. The van der Waals surface area contributed by atoms with Gasteiger partial charge in [0.2, 0.25) is 0 Å². The maximum absolute atomic E-state index is 12.1. The van der Waals surface area contributed by atoms with Crippen molar-refractivity contribution in [2.75, 3.05) is 5.73 Å². The van der Waals surface area contributed by atoms with Crippen molar-refractivity contribution in [2.24, 2.45) is 0 Å². The van der Waals surface area contributed by atoms with Crippen LogP contribution < -0.4 is 5.73 Å². The first kappa shape index (κ1) is 12.2. The number of alkyl halides is 3. The van der Waals surface area contributed by atoms with Crippen LogP contribution in [0.4, 0.5) is 18.9 Å². The molecule has 0 amide bonds. The topological polar surface area (TPSA) is 26.0 Å². The van der Waals surface area contributed by atoms with Crippen molar-refractivity contribution in [3.63, 3.8) is 0 Å². The van der Waals surface area contributed by atoms with Gasteiger partial charge in [0.1, 0.15) is 5.03 Å². The zero-order chi connectivity index (χ0) is 11.6. The normalized spacial score (nSPS) is 13.0. The molecule has 0 aliphatic carbocycles. The molecule has 1 nitrogen and oxygen atoms in total. The van der Waals surface area contributed by atoms with Crippen LogP contribution in [0.1, 0.15) is 5.56 Å². The Kier molecular flexibility index (Phi) is 3.52. The molecular weight excluding hydrogens is 250 g/mol. The number of halogens is 5. The molecule has 0 aliphatic rings. The van der Waals surface area contributed by atoms with Crippen LogP contribution in [0.25, 0.3) is 6.08 Å². The Morgan fingerprint density at radius 2 is 1.93 bits per heavy atom. The van der Waals surface area contributed by atoms with Crippen LogP contribution in [-0.4, -0.2) is 6.18 Å². The molecule has 0 fully saturated rings. The molecule has 1 rings (SSSR count). The van der Waals surface area contributed by atoms with Crippen LogP contribution >= 0.6 is 23.2 Å². The summed E-state index contributed by atoms with van der Waals surface area (Å²) in [6, 6.07) is 4.12. The standard InChI is InChI=1S/C9H6Cl2F3N/c10-6-3-5(1-2-7(6)15)4-8(11)9(12,13)14/h1-4H,15H2. The minimum atomic E-state index is -4.55. The summed E-state index contributed by atoms with van der Waals surface area (Å²) in [5, 5.41) is -1.02. The highest BCUT2D eigenvalue weighted by Crippen LogP contribution is 2.31. The van der Waals surface area contributed by atoms with Gasteiger partial charge in [0.15, 0.2) is 0 Å². The second-order valence-corrected chi connectivity index (χ2v) is 3.59. The second kappa shape index (κ2) is 4.33. The van der Waals surface area contributed by atoms with E-state index >= 15 is 0 Å². The molecule has 6 heteroatoms. The molecule has 0 bridgehead atoms. The van der Waals surface area contributed by atoms with Crippen molar-refractivity contribution >= 4 is 35.0 Å². The van der Waals surface area contributed by atoms with Gasteiger partial charge in [-0.05, 0) is 23.8 Å². The smallest absolute Gasteiger partial charge is 0.398 e. The predicted molar refractivity (Wildman–Crippen MR) is 55.7 cm³/mol. The molecule has 0 aromatic heterocycles. The van der Waals surface area contributed by atoms with E-state index < -0.39 is 11.2 Å². The predicted octanol–water partition coefficient (Wildman–Crippen LogP) is 4.06. The van der Waals surface area contributed by atoms with Gasteiger partial charge < -0.3 is 5.73 Å². The first-order valence-corrected chi connectivity index (χ1v) is 4.55. The lowest BCUT2D eigenvalue weighted by molar-refractivity contribution is -0.0836. The zero-order valence-electron chi connectivity index (χ0n) is 7.28. The van der Waals surface area contributed by atoms with Crippen LogP contribution in [0.15, 0.2) is 23.2 Å². The van der Waals surface area contributed by atoms with E-state index in [0.29, 0.717) is 5.69 Å². The van der Waals surface area contributed by atoms with E-state index in [1.807, 2.05) is 0 Å². The molecule has 0 saturated heterocycles. The maximum atomic E-state index is 12.1. The first-order valence-electron chi connectivity index (χ1n) is 3.80. The fourth-order valence-electron chi connectivity index (χ4n) is 0.861. The van der Waals surface area contributed by atoms with Crippen molar-refractivity contribution in [1.29, 1.82) is 0 Å². The van der Waals surface area contributed by atoms with Crippen molar-refractivity contribution in [2.45, 2.75) is 6.18 Å². The summed E-state index contributed by atoms with van der Waals surface area (Å²) in [7, 11) is 0. The zero-order valence-corrected chi connectivity index (χ0v) is 8.79. The van der Waals surface area contributed by atoms with Gasteiger partial charge in [-0.15, -0.1) is 0 Å². The lowest BCUT2D eigenvalue weighted by Crippen LogP contribution is -2.06. The number of nitrogen functional groups attached to an aromatic ring is 1. The summed E-state index contributed by atoms with van der Waals surface area (Å²) in [5.74, 6) is 0. The van der Waals surface area contributed by atoms with Gasteiger partial charge in [-0.25, -0.2) is 0 Å². The molecule has 0 atom stereocenters. The molecule has 2 N–H and O–H groups in total. The number of allylic oxidation sites excluding steroid dienone is 1. The Labute approximate surface area is 94.3 Å². The van der Waals surface area contributed by atoms with E-state index in [9.17, 15) is 13.2 Å². The van der Waals surface area contributed by atoms with Crippen molar-refractivity contribution in [3.8, 4) is 0 Å². The maximum Gasteiger partial charge on any atom is 0.426 e. The van der Waals surface area contributed by atoms with E-state index in [4.69, 9.17) is 28.9 Å². The van der Waals surface area contributed by atoms with E-state index in [1.54, 1.807) is 0 Å². The number of rotatable bonds is 1. The van der Waals surface area contributed by atoms with E-state index in [-0.39, 0.29) is 10.6 Å². The fourth-order valence-corrected chi connectivity index (χ4v) is 1.18. The van der Waals surface area contributed by atoms with E-state index in [1.165, 1.54) is 18.2 Å². The molecule has 82 valence electrons. The Hall–Kier alpha value is -0.870. The minimum Gasteiger partial charge on any atom is -0.398 e. The van der Waals surface area contributed by atoms with Crippen LogP contribution in [0, 0.1) is 0 Å². The lowest BCUT2D eigenvalue weighted by atomic mass is 10.2. The van der Waals surface area contributed by atoms with Gasteiger partial charge in [0.25, 0.3) is 0 Å². The average Bonchev–Trinajstić information content (AvgIpc) is 2.10. The molecule has 0 unspecified atom stereocenters. The quantitative estimate of drug-likeness (QED) is 0.753. The van der Waals surface area contributed by atoms with Gasteiger partial charge in [0.05, 0.1) is 10.7 Å². The Bertz CT molecular complexity index is 399. The number of nitrogens with two attached hydrogens (primary N) is 1. The highest BCUT2D eigenvalue weighted by atomic mass is 35.5. The third kappa shape index (κ3) is 3.32. The van der Waals surface area contributed by atoms with Crippen LogP contribution in [-0.2, 0) is 0 Å². The fraction of sp³-hybridized carbons (Fsp3) is 0.111. The molecule has 0 saturated carbocycles. The first-order chi connectivity index (χ1) is 6.80. The van der Waals surface area contributed by atoms with Gasteiger partial charge in [0, 0.05) is 0 Å². The Morgan fingerprint density at radius 3 is 2.40 bits per heavy atom. The third-order valence-electron chi connectivity index (χ3n) is 1.59. The summed E-state index contributed by atoms with van der Waals surface area (Å²) in [5.41, 5.74) is 5.95. The molecule has 1 aromatic rings. The Balaban J connectivity index is 3.04. The molecular formula is C9H6Cl2F3N. The van der Waals surface area contributed by atoms with Gasteiger partial charge >= 0.3 is 6.18 Å². The van der Waals surface area contributed by atoms with Crippen molar-refractivity contribution in [1.82, 2.24) is 0 Å².